The number of anilines is 1. The van der Waals surface area contributed by atoms with Gasteiger partial charge in [-0.05, 0) is 18.6 Å². The number of aromatic nitrogens is 4. The van der Waals surface area contributed by atoms with Crippen molar-refractivity contribution in [3.8, 4) is 5.75 Å². The van der Waals surface area contributed by atoms with Crippen molar-refractivity contribution in [2.45, 2.75) is 33.2 Å². The maximum atomic E-state index is 13.5. The Hall–Kier alpha value is -2.27. The van der Waals surface area contributed by atoms with Gasteiger partial charge in [0.05, 0.1) is 30.6 Å². The highest BCUT2D eigenvalue weighted by molar-refractivity contribution is 7.98. The lowest BCUT2D eigenvalue weighted by atomic mass is 9.99. The van der Waals surface area contributed by atoms with E-state index in [-0.39, 0.29) is 41.7 Å². The molecule has 0 saturated carbocycles. The van der Waals surface area contributed by atoms with E-state index in [2.05, 4.69) is 15.0 Å². The SMILES string of the molecule is CC(C)(C)C(O)=[SH]CCOP(=O)(OC[C@@H]1C=C[C@H](n2cnc3c(Cl)nc(N)nc32)C1)Oc1ccccc1. The van der Waals surface area contributed by atoms with E-state index in [1.54, 1.807) is 30.6 Å². The third-order valence-corrected chi connectivity index (χ3v) is 8.62. The summed E-state index contributed by atoms with van der Waals surface area (Å²) in [5, 5.41) is 10.7. The van der Waals surface area contributed by atoms with Crippen molar-refractivity contribution in [2.75, 3.05) is 24.7 Å². The molecule has 0 fully saturated rings. The van der Waals surface area contributed by atoms with Gasteiger partial charge in [-0.2, -0.15) is 21.3 Å². The smallest absolute Gasteiger partial charge is 0.404 e. The molecule has 0 aliphatic heterocycles. The quantitative estimate of drug-likeness (QED) is 0.0714. The van der Waals surface area contributed by atoms with Gasteiger partial charge in [-0.15, -0.1) is 0 Å². The van der Waals surface area contributed by atoms with Crippen LogP contribution in [0.15, 0.2) is 48.8 Å². The van der Waals surface area contributed by atoms with Crippen molar-refractivity contribution in [3.63, 3.8) is 0 Å². The molecule has 3 aromatic rings. The lowest BCUT2D eigenvalue weighted by Crippen LogP contribution is -2.18. The Bertz CT molecular complexity index is 1340. The van der Waals surface area contributed by atoms with E-state index in [0.29, 0.717) is 45.5 Å². The number of benzene rings is 1. The van der Waals surface area contributed by atoms with Crippen LogP contribution in [0.25, 0.3) is 11.2 Å². The molecule has 3 atom stereocenters. The molecule has 4 rings (SSSR count). The molecule has 1 aliphatic rings. The molecular weight excluding hydrogens is 537 g/mol. The van der Waals surface area contributed by atoms with E-state index < -0.39 is 7.82 Å². The highest BCUT2D eigenvalue weighted by atomic mass is 35.5. The molecule has 10 nitrogen and oxygen atoms in total. The molecule has 1 aliphatic carbocycles. The Labute approximate surface area is 224 Å². The maximum Gasteiger partial charge on any atom is 0.530 e. The average Bonchev–Trinajstić information content (AvgIpc) is 3.47. The second-order valence-electron chi connectivity index (χ2n) is 9.58. The van der Waals surface area contributed by atoms with Gasteiger partial charge in [0, 0.05) is 17.1 Å². The summed E-state index contributed by atoms with van der Waals surface area (Å²) < 4.78 is 32.5. The monoisotopic (exact) mass is 567 g/mol. The van der Waals surface area contributed by atoms with Crippen molar-refractivity contribution in [3.05, 3.63) is 54.0 Å². The van der Waals surface area contributed by atoms with Gasteiger partial charge in [-0.1, -0.05) is 62.7 Å². The number of thiol groups is 1. The summed E-state index contributed by atoms with van der Waals surface area (Å²) >= 11 is 6.85. The fourth-order valence-corrected chi connectivity index (χ4v) is 6.13. The van der Waals surface area contributed by atoms with Gasteiger partial charge in [0.25, 0.3) is 0 Å². The second-order valence-corrected chi connectivity index (χ2v) is 12.7. The van der Waals surface area contributed by atoms with Crippen molar-refractivity contribution in [1.82, 2.24) is 19.5 Å². The number of aliphatic hydroxyl groups excluding tert-OH is 1. The van der Waals surface area contributed by atoms with Gasteiger partial charge in [0.2, 0.25) is 5.95 Å². The summed E-state index contributed by atoms with van der Waals surface area (Å²) in [4.78, 5) is 12.5. The van der Waals surface area contributed by atoms with E-state index >= 15 is 0 Å². The number of fused-ring (bicyclic) bond motifs is 1. The molecule has 1 unspecified atom stereocenters. The third-order valence-electron chi connectivity index (χ3n) is 5.58. The van der Waals surface area contributed by atoms with Crippen LogP contribution in [-0.2, 0) is 13.6 Å². The number of hydrogen-bond donors (Lipinski definition) is 3. The molecule has 37 heavy (non-hydrogen) atoms. The Kier molecular flexibility index (Phi) is 8.73. The molecule has 13 heteroatoms. The van der Waals surface area contributed by atoms with E-state index in [1.165, 1.54) is 0 Å². The van der Waals surface area contributed by atoms with Crippen LogP contribution in [0.1, 0.15) is 33.2 Å². The number of imidazole rings is 1. The Morgan fingerprint density at radius 1 is 1.24 bits per heavy atom. The summed E-state index contributed by atoms with van der Waals surface area (Å²) in [6.07, 6.45) is 6.31. The molecular formula is C24H31ClN5O5PS. The lowest BCUT2D eigenvalue weighted by molar-refractivity contribution is 0.148. The minimum Gasteiger partial charge on any atom is -0.404 e. The molecule has 2 heterocycles. The first-order chi connectivity index (χ1) is 17.5. The number of rotatable bonds is 10. The number of nitrogens with zero attached hydrogens (tertiary/aromatic N) is 4. The Morgan fingerprint density at radius 2 is 2.00 bits per heavy atom. The molecule has 0 amide bonds. The highest BCUT2D eigenvalue weighted by Gasteiger charge is 2.32. The summed E-state index contributed by atoms with van der Waals surface area (Å²) in [5.74, 6) is 0.850. The zero-order chi connectivity index (χ0) is 26.6. The molecule has 0 bridgehead atoms. The standard InChI is InChI=1S/C24H31ClN5O5PS/c1-24(2,3)22(31)37-12-11-33-36(32,35-18-7-5-4-6-8-18)34-14-16-9-10-17(13-16)30-15-27-19-20(25)28-23(26)29-21(19)30/h4-10,15-17,31,37H,11-14H2,1-3H3,(H2,26,28,29)/t16-,17+,36?/m1/s1. The maximum absolute atomic E-state index is 13.5. The number of hydrogen-bond acceptors (Lipinski definition) is 8. The highest BCUT2D eigenvalue weighted by Crippen LogP contribution is 2.50. The first-order valence-corrected chi connectivity index (χ1v) is 14.7. The van der Waals surface area contributed by atoms with Crippen LogP contribution < -0.4 is 10.3 Å². The summed E-state index contributed by atoms with van der Waals surface area (Å²) in [6.45, 7) is 5.99. The largest absolute Gasteiger partial charge is 0.530 e. The van der Waals surface area contributed by atoms with Crippen LogP contribution in [-0.4, -0.2) is 48.6 Å². The molecule has 2 aromatic heterocycles. The van der Waals surface area contributed by atoms with Crippen molar-refractivity contribution in [2.24, 2.45) is 11.3 Å². The predicted molar refractivity (Wildman–Crippen MR) is 149 cm³/mol. The van der Waals surface area contributed by atoms with Crippen LogP contribution in [0.2, 0.25) is 5.15 Å². The van der Waals surface area contributed by atoms with Crippen molar-refractivity contribution < 1.29 is 23.2 Å². The lowest BCUT2D eigenvalue weighted by Gasteiger charge is -2.21. The zero-order valence-corrected chi connectivity index (χ0v) is 23.4. The topological polar surface area (TPSA) is 135 Å². The molecule has 3 N–H and O–H groups in total. The second kappa shape index (κ2) is 11.6. The third kappa shape index (κ3) is 7.19. The van der Waals surface area contributed by atoms with Crippen LogP contribution >= 0.6 is 30.8 Å². The number of nitrogens with two attached hydrogens (primary N) is 1. The minimum absolute atomic E-state index is 0.0511. The van der Waals surface area contributed by atoms with Gasteiger partial charge < -0.3 is 19.9 Å². The number of para-hydroxylation sites is 1. The number of nitrogen functional groups attached to an aromatic ring is 1. The fraction of sp³-hybridized carbons (Fsp3) is 0.417. The predicted octanol–water partition coefficient (Wildman–Crippen LogP) is 5.60. The number of aliphatic hydroxyl groups is 1. The van der Waals surface area contributed by atoms with E-state index in [1.807, 2.05) is 43.6 Å². The summed E-state index contributed by atoms with van der Waals surface area (Å²) in [5.41, 5.74) is 6.45. The number of phosphoric ester groups is 1. The van der Waals surface area contributed by atoms with E-state index in [9.17, 15) is 9.67 Å². The minimum atomic E-state index is -3.93. The Balaban J connectivity index is 1.40. The average molecular weight is 568 g/mol. The van der Waals surface area contributed by atoms with E-state index in [4.69, 9.17) is 30.9 Å². The van der Waals surface area contributed by atoms with Gasteiger partial charge in [0.1, 0.15) is 11.3 Å². The van der Waals surface area contributed by atoms with Crippen LogP contribution in [0.5, 0.6) is 5.75 Å². The normalized spacial score (nSPS) is 20.1. The van der Waals surface area contributed by atoms with Crippen LogP contribution in [0, 0.1) is 11.3 Å². The van der Waals surface area contributed by atoms with Gasteiger partial charge in [-0.25, -0.2) is 9.55 Å². The molecule has 200 valence electrons. The Morgan fingerprint density at radius 3 is 2.73 bits per heavy atom. The first-order valence-electron chi connectivity index (χ1n) is 11.8. The molecule has 0 spiro atoms. The van der Waals surface area contributed by atoms with Crippen molar-refractivity contribution >= 4 is 52.9 Å². The molecule has 0 radical (unpaired) electrons. The van der Waals surface area contributed by atoms with Crippen LogP contribution in [0.4, 0.5) is 5.95 Å². The summed E-state index contributed by atoms with van der Waals surface area (Å²) in [7, 11) is -3.93. The van der Waals surface area contributed by atoms with Gasteiger partial charge in [-0.3, -0.25) is 9.05 Å². The molecule has 0 saturated heterocycles. The fourth-order valence-electron chi connectivity index (χ4n) is 3.65. The number of phosphoric acid groups is 1. The first kappa shape index (κ1) is 27.8. The van der Waals surface area contributed by atoms with E-state index in [0.717, 1.165) is 0 Å². The molecule has 1 aromatic carbocycles. The van der Waals surface area contributed by atoms with Gasteiger partial charge >= 0.3 is 7.82 Å². The summed E-state index contributed by atoms with van der Waals surface area (Å²) in [6, 6.07) is 8.69. The zero-order valence-electron chi connectivity index (χ0n) is 20.8. The number of halogens is 1. The van der Waals surface area contributed by atoms with Crippen molar-refractivity contribution in [1.29, 1.82) is 0 Å². The van der Waals surface area contributed by atoms with Gasteiger partial charge in [0.15, 0.2) is 10.8 Å². The number of allylic oxidation sites excluding steroid dienone is 1. The van der Waals surface area contributed by atoms with Crippen LogP contribution in [0.3, 0.4) is 0 Å².